The Labute approximate surface area is 143 Å². The molecule has 3 aromatic rings. The molecule has 2 aromatic heterocycles. The van der Waals surface area contributed by atoms with Gasteiger partial charge in [-0.1, -0.05) is 23.5 Å². The van der Waals surface area contributed by atoms with Gasteiger partial charge in [0.1, 0.15) is 0 Å². The maximum absolute atomic E-state index is 11.8. The molecule has 0 saturated carbocycles. The van der Waals surface area contributed by atoms with Crippen molar-refractivity contribution in [1.29, 1.82) is 0 Å². The van der Waals surface area contributed by atoms with Crippen LogP contribution in [0.2, 0.25) is 0 Å². The normalized spacial score (nSPS) is 15.8. The van der Waals surface area contributed by atoms with E-state index in [1.54, 1.807) is 0 Å². The summed E-state index contributed by atoms with van der Waals surface area (Å²) in [5.41, 5.74) is 2.33. The minimum atomic E-state index is -0.126. The number of nitrogens with one attached hydrogen (secondary N) is 1. The Morgan fingerprint density at radius 3 is 2.83 bits per heavy atom. The number of rotatable bonds is 3. The van der Waals surface area contributed by atoms with Crippen LogP contribution in [-0.2, 0) is 0 Å². The highest BCUT2D eigenvalue weighted by Gasteiger charge is 2.22. The summed E-state index contributed by atoms with van der Waals surface area (Å²) in [6.45, 7) is 3.97. The van der Waals surface area contributed by atoms with Crippen molar-refractivity contribution in [3.63, 3.8) is 0 Å². The summed E-state index contributed by atoms with van der Waals surface area (Å²) in [6.07, 6.45) is 3.63. The molecule has 1 N–H and O–H groups in total. The third-order valence-electron chi connectivity index (χ3n) is 4.31. The van der Waals surface area contributed by atoms with Crippen molar-refractivity contribution in [2.75, 3.05) is 23.3 Å². The van der Waals surface area contributed by atoms with Gasteiger partial charge in [0.05, 0.1) is 0 Å². The third kappa shape index (κ3) is 2.99. The predicted octanol–water partition coefficient (Wildman–Crippen LogP) is 2.54. The summed E-state index contributed by atoms with van der Waals surface area (Å²) in [7, 11) is 0. The summed E-state index contributed by atoms with van der Waals surface area (Å²) >= 11 is 1.47. The molecule has 3 heterocycles. The Hall–Kier alpha value is -2.41. The largest absolute Gasteiger partial charge is 0.382 e. The summed E-state index contributed by atoms with van der Waals surface area (Å²) in [6, 6.07) is 10.4. The Morgan fingerprint density at radius 2 is 2.08 bits per heavy atom. The molecular weight excluding hydrogens is 322 g/mol. The first kappa shape index (κ1) is 15.1. The van der Waals surface area contributed by atoms with Crippen molar-refractivity contribution in [2.24, 2.45) is 0 Å². The number of aromatic nitrogens is 3. The molecule has 0 bridgehead atoms. The monoisotopic (exact) mass is 341 g/mol. The molecule has 6 nitrogen and oxygen atoms in total. The van der Waals surface area contributed by atoms with Gasteiger partial charge in [-0.15, -0.1) is 5.10 Å². The van der Waals surface area contributed by atoms with E-state index in [2.05, 4.69) is 51.5 Å². The van der Waals surface area contributed by atoms with Crippen LogP contribution in [0.3, 0.4) is 0 Å². The van der Waals surface area contributed by atoms with E-state index < -0.39 is 0 Å². The van der Waals surface area contributed by atoms with E-state index in [-0.39, 0.29) is 5.56 Å². The average molecular weight is 341 g/mol. The van der Waals surface area contributed by atoms with Crippen LogP contribution in [0.25, 0.3) is 4.96 Å². The fraction of sp³-hybridized carbons (Fsp3) is 0.353. The van der Waals surface area contributed by atoms with Gasteiger partial charge >= 0.3 is 0 Å². The van der Waals surface area contributed by atoms with Gasteiger partial charge in [0.15, 0.2) is 0 Å². The van der Waals surface area contributed by atoms with Gasteiger partial charge in [-0.05, 0) is 37.5 Å². The van der Waals surface area contributed by atoms with Crippen molar-refractivity contribution in [3.8, 4) is 0 Å². The van der Waals surface area contributed by atoms with E-state index in [1.807, 2.05) is 0 Å². The number of piperidine rings is 1. The lowest BCUT2D eigenvalue weighted by Crippen LogP contribution is -2.39. The second kappa shape index (κ2) is 6.24. The minimum Gasteiger partial charge on any atom is -0.382 e. The number of hydrogen-bond donors (Lipinski definition) is 1. The Kier molecular flexibility index (Phi) is 3.93. The lowest BCUT2D eigenvalue weighted by atomic mass is 10.0. The molecule has 124 valence electrons. The molecule has 1 aliphatic rings. The molecule has 24 heavy (non-hydrogen) atoms. The quantitative estimate of drug-likeness (QED) is 0.793. The van der Waals surface area contributed by atoms with Crippen molar-refractivity contribution >= 4 is 27.1 Å². The van der Waals surface area contributed by atoms with Crippen LogP contribution in [0.1, 0.15) is 18.4 Å². The fourth-order valence-electron chi connectivity index (χ4n) is 3.05. The van der Waals surface area contributed by atoms with Crippen molar-refractivity contribution in [3.05, 3.63) is 52.4 Å². The highest BCUT2D eigenvalue weighted by atomic mass is 32.1. The molecule has 0 aliphatic carbocycles. The highest BCUT2D eigenvalue weighted by molar-refractivity contribution is 7.20. The molecule has 1 saturated heterocycles. The molecule has 1 fully saturated rings. The molecule has 0 amide bonds. The topological polar surface area (TPSA) is 62.5 Å². The summed E-state index contributed by atoms with van der Waals surface area (Å²) in [5, 5.41) is 8.92. The standard InChI is InChI=1S/C17H19N5OS/c1-12-3-2-4-14(11-12)19-13-6-9-21(10-7-13)17-20-22-15(23)5-8-18-16(22)24-17/h2-5,8,11,13,19H,6-7,9-10H2,1H3. The zero-order valence-electron chi connectivity index (χ0n) is 13.5. The van der Waals surface area contributed by atoms with E-state index in [0.29, 0.717) is 11.0 Å². The zero-order valence-corrected chi connectivity index (χ0v) is 14.3. The van der Waals surface area contributed by atoms with Crippen molar-refractivity contribution < 1.29 is 0 Å². The first-order chi connectivity index (χ1) is 11.7. The van der Waals surface area contributed by atoms with E-state index in [1.165, 1.54) is 39.4 Å². The van der Waals surface area contributed by atoms with Gasteiger partial charge in [-0.25, -0.2) is 4.98 Å². The van der Waals surface area contributed by atoms with Crippen LogP contribution in [-0.4, -0.2) is 33.7 Å². The molecule has 7 heteroatoms. The maximum Gasteiger partial charge on any atom is 0.275 e. The van der Waals surface area contributed by atoms with Crippen LogP contribution < -0.4 is 15.8 Å². The van der Waals surface area contributed by atoms with E-state index in [0.717, 1.165) is 31.1 Å². The van der Waals surface area contributed by atoms with Gasteiger partial charge in [-0.2, -0.15) is 4.52 Å². The van der Waals surface area contributed by atoms with Crippen LogP contribution >= 0.6 is 11.3 Å². The SMILES string of the molecule is Cc1cccc(NC2CCN(c3nn4c(=O)ccnc4s3)CC2)c1. The average Bonchev–Trinajstić information content (AvgIpc) is 3.01. The van der Waals surface area contributed by atoms with Gasteiger partial charge < -0.3 is 10.2 Å². The van der Waals surface area contributed by atoms with Gasteiger partial charge in [0, 0.05) is 37.1 Å². The van der Waals surface area contributed by atoms with E-state index in [9.17, 15) is 4.79 Å². The molecular formula is C17H19N5OS. The lowest BCUT2D eigenvalue weighted by molar-refractivity contribution is 0.524. The van der Waals surface area contributed by atoms with Crippen LogP contribution in [0.5, 0.6) is 0 Å². The first-order valence-electron chi connectivity index (χ1n) is 8.12. The zero-order chi connectivity index (χ0) is 16.5. The van der Waals surface area contributed by atoms with E-state index >= 15 is 0 Å². The summed E-state index contributed by atoms with van der Waals surface area (Å²) in [4.78, 5) is 18.9. The molecule has 0 spiro atoms. The Balaban J connectivity index is 1.43. The summed E-state index contributed by atoms with van der Waals surface area (Å²) in [5.74, 6) is 0. The van der Waals surface area contributed by atoms with Crippen LogP contribution in [0.15, 0.2) is 41.3 Å². The maximum atomic E-state index is 11.8. The Bertz CT molecular complexity index is 910. The van der Waals surface area contributed by atoms with Gasteiger partial charge in [-0.3, -0.25) is 4.79 Å². The smallest absolute Gasteiger partial charge is 0.275 e. The first-order valence-corrected chi connectivity index (χ1v) is 8.94. The second-order valence-electron chi connectivity index (χ2n) is 6.14. The van der Waals surface area contributed by atoms with Gasteiger partial charge in [0.25, 0.3) is 5.56 Å². The number of benzene rings is 1. The lowest BCUT2D eigenvalue weighted by Gasteiger charge is -2.32. The van der Waals surface area contributed by atoms with Crippen molar-refractivity contribution in [2.45, 2.75) is 25.8 Å². The highest BCUT2D eigenvalue weighted by Crippen LogP contribution is 2.25. The number of fused-ring (bicyclic) bond motifs is 1. The predicted molar refractivity (Wildman–Crippen MR) is 97.2 cm³/mol. The Morgan fingerprint density at radius 1 is 1.25 bits per heavy atom. The van der Waals surface area contributed by atoms with Crippen LogP contribution in [0, 0.1) is 6.92 Å². The third-order valence-corrected chi connectivity index (χ3v) is 5.30. The van der Waals surface area contributed by atoms with Crippen molar-refractivity contribution in [1.82, 2.24) is 14.6 Å². The van der Waals surface area contributed by atoms with Crippen LogP contribution in [0.4, 0.5) is 10.8 Å². The molecule has 0 radical (unpaired) electrons. The number of aryl methyl sites for hydroxylation is 1. The molecule has 0 unspecified atom stereocenters. The molecule has 1 aromatic carbocycles. The minimum absolute atomic E-state index is 0.126. The number of anilines is 2. The van der Waals surface area contributed by atoms with E-state index in [4.69, 9.17) is 0 Å². The second-order valence-corrected chi connectivity index (χ2v) is 7.07. The number of hydrogen-bond acceptors (Lipinski definition) is 6. The van der Waals surface area contributed by atoms with Gasteiger partial charge in [0.2, 0.25) is 10.1 Å². The molecule has 4 rings (SSSR count). The summed E-state index contributed by atoms with van der Waals surface area (Å²) < 4.78 is 1.39. The molecule has 0 atom stereocenters. The number of nitrogens with zero attached hydrogens (tertiary/aromatic N) is 4. The molecule has 1 aliphatic heterocycles. The fourth-order valence-corrected chi connectivity index (χ4v) is 3.98.